The zero-order chi connectivity index (χ0) is 17.9. The Hall–Kier alpha value is -3.61. The SMILES string of the molecule is CC(NC(=O)Nc1cccc2[nH]ccc12)c1ccc(-n2cncn2)cc1. The van der Waals surface area contributed by atoms with Gasteiger partial charge in [0.05, 0.1) is 17.4 Å². The van der Waals surface area contributed by atoms with Gasteiger partial charge in [0.2, 0.25) is 0 Å². The van der Waals surface area contributed by atoms with Crippen molar-refractivity contribution in [3.8, 4) is 5.69 Å². The number of anilines is 1. The van der Waals surface area contributed by atoms with E-state index in [9.17, 15) is 4.79 Å². The Kier molecular flexibility index (Phi) is 4.10. The van der Waals surface area contributed by atoms with Gasteiger partial charge in [-0.15, -0.1) is 0 Å². The van der Waals surface area contributed by atoms with Crippen LogP contribution in [0.15, 0.2) is 67.4 Å². The fourth-order valence-corrected chi connectivity index (χ4v) is 2.89. The Morgan fingerprint density at radius 2 is 2.00 bits per heavy atom. The number of nitrogens with zero attached hydrogens (tertiary/aromatic N) is 3. The van der Waals surface area contributed by atoms with Gasteiger partial charge in [0, 0.05) is 17.1 Å². The molecule has 130 valence electrons. The van der Waals surface area contributed by atoms with Gasteiger partial charge in [-0.25, -0.2) is 14.5 Å². The number of carbonyl (C=O) groups is 1. The molecule has 0 fully saturated rings. The number of H-pyrrole nitrogens is 1. The molecule has 2 heterocycles. The Bertz CT molecular complexity index is 1020. The van der Waals surface area contributed by atoms with Crippen LogP contribution >= 0.6 is 0 Å². The highest BCUT2D eigenvalue weighted by molar-refractivity contribution is 6.00. The second kappa shape index (κ2) is 6.72. The summed E-state index contributed by atoms with van der Waals surface area (Å²) in [4.78, 5) is 19.4. The third-order valence-corrected chi connectivity index (χ3v) is 4.27. The molecule has 0 saturated heterocycles. The average molecular weight is 346 g/mol. The lowest BCUT2D eigenvalue weighted by molar-refractivity contribution is 0.249. The molecule has 1 atom stereocenters. The summed E-state index contributed by atoms with van der Waals surface area (Å²) in [7, 11) is 0. The molecule has 4 aromatic rings. The number of nitrogens with one attached hydrogen (secondary N) is 3. The highest BCUT2D eigenvalue weighted by Crippen LogP contribution is 2.22. The molecule has 2 aromatic heterocycles. The Labute approximate surface area is 150 Å². The summed E-state index contributed by atoms with van der Waals surface area (Å²) in [6, 6.07) is 15.1. The van der Waals surface area contributed by atoms with Crippen molar-refractivity contribution in [2.24, 2.45) is 0 Å². The van der Waals surface area contributed by atoms with Crippen molar-refractivity contribution in [1.29, 1.82) is 0 Å². The summed E-state index contributed by atoms with van der Waals surface area (Å²) in [5.74, 6) is 0. The van der Waals surface area contributed by atoms with Gasteiger partial charge < -0.3 is 15.6 Å². The zero-order valence-corrected chi connectivity index (χ0v) is 14.2. The molecule has 7 nitrogen and oxygen atoms in total. The smallest absolute Gasteiger partial charge is 0.319 e. The first-order chi connectivity index (χ1) is 12.7. The normalized spacial score (nSPS) is 12.0. The van der Waals surface area contributed by atoms with E-state index < -0.39 is 0 Å². The molecule has 2 amide bonds. The van der Waals surface area contributed by atoms with Crippen LogP contribution in [-0.2, 0) is 0 Å². The number of benzene rings is 2. The summed E-state index contributed by atoms with van der Waals surface area (Å²) >= 11 is 0. The van der Waals surface area contributed by atoms with Crippen molar-refractivity contribution < 1.29 is 4.79 Å². The number of hydrogen-bond acceptors (Lipinski definition) is 3. The lowest BCUT2D eigenvalue weighted by Gasteiger charge is -2.16. The molecule has 0 bridgehead atoms. The fraction of sp³-hybridized carbons (Fsp3) is 0.105. The van der Waals surface area contributed by atoms with Crippen LogP contribution in [0.2, 0.25) is 0 Å². The van der Waals surface area contributed by atoms with E-state index in [1.165, 1.54) is 6.33 Å². The van der Waals surface area contributed by atoms with Gasteiger partial charge in [0.25, 0.3) is 0 Å². The van der Waals surface area contributed by atoms with E-state index in [2.05, 4.69) is 25.7 Å². The molecule has 0 aliphatic carbocycles. The van der Waals surface area contributed by atoms with Crippen molar-refractivity contribution >= 4 is 22.6 Å². The average Bonchev–Trinajstić information content (AvgIpc) is 3.34. The van der Waals surface area contributed by atoms with Crippen molar-refractivity contribution in [2.45, 2.75) is 13.0 Å². The predicted octanol–water partition coefficient (Wildman–Crippen LogP) is 3.63. The van der Waals surface area contributed by atoms with Gasteiger partial charge in [-0.2, -0.15) is 5.10 Å². The van der Waals surface area contributed by atoms with Gasteiger partial charge in [-0.05, 0) is 42.8 Å². The quantitative estimate of drug-likeness (QED) is 0.527. The Morgan fingerprint density at radius 1 is 1.15 bits per heavy atom. The van der Waals surface area contributed by atoms with Crippen LogP contribution < -0.4 is 10.6 Å². The first-order valence-corrected chi connectivity index (χ1v) is 8.29. The monoisotopic (exact) mass is 346 g/mol. The maximum atomic E-state index is 12.4. The Balaban J connectivity index is 1.43. The summed E-state index contributed by atoms with van der Waals surface area (Å²) in [5, 5.41) is 11.0. The summed E-state index contributed by atoms with van der Waals surface area (Å²) < 4.78 is 1.69. The lowest BCUT2D eigenvalue weighted by atomic mass is 10.1. The van der Waals surface area contributed by atoms with Crippen LogP contribution in [0, 0.1) is 0 Å². The van der Waals surface area contributed by atoms with Crippen molar-refractivity contribution in [1.82, 2.24) is 25.1 Å². The number of rotatable bonds is 4. The van der Waals surface area contributed by atoms with Crippen LogP contribution in [0.3, 0.4) is 0 Å². The van der Waals surface area contributed by atoms with E-state index in [-0.39, 0.29) is 12.1 Å². The van der Waals surface area contributed by atoms with Gasteiger partial charge in [0.1, 0.15) is 12.7 Å². The fourth-order valence-electron chi connectivity index (χ4n) is 2.89. The molecular weight excluding hydrogens is 328 g/mol. The van der Waals surface area contributed by atoms with Crippen LogP contribution in [0.1, 0.15) is 18.5 Å². The highest BCUT2D eigenvalue weighted by atomic mass is 16.2. The standard InChI is InChI=1S/C19H18N6O/c1-13(14-5-7-15(8-6-14)25-12-20-11-22-25)23-19(26)24-18-4-2-3-17-16(18)9-10-21-17/h2-13,21H,1H3,(H2,23,24,26). The van der Waals surface area contributed by atoms with E-state index in [1.807, 2.05) is 61.7 Å². The minimum atomic E-state index is -0.244. The van der Waals surface area contributed by atoms with Gasteiger partial charge in [-0.1, -0.05) is 18.2 Å². The first-order valence-electron chi connectivity index (χ1n) is 8.29. The maximum Gasteiger partial charge on any atom is 0.319 e. The van der Waals surface area contributed by atoms with E-state index in [1.54, 1.807) is 11.0 Å². The van der Waals surface area contributed by atoms with Crippen LogP contribution in [0.25, 0.3) is 16.6 Å². The number of hydrogen-bond donors (Lipinski definition) is 3. The number of amides is 2. The molecule has 0 saturated carbocycles. The topological polar surface area (TPSA) is 87.6 Å². The molecule has 0 radical (unpaired) electrons. The first kappa shape index (κ1) is 15.9. The number of aromatic nitrogens is 4. The molecule has 7 heteroatoms. The predicted molar refractivity (Wildman–Crippen MR) is 100 cm³/mol. The lowest BCUT2D eigenvalue weighted by Crippen LogP contribution is -2.31. The minimum Gasteiger partial charge on any atom is -0.361 e. The van der Waals surface area contributed by atoms with Crippen LogP contribution in [0.4, 0.5) is 10.5 Å². The van der Waals surface area contributed by atoms with E-state index in [0.717, 1.165) is 27.8 Å². The minimum absolute atomic E-state index is 0.134. The molecule has 26 heavy (non-hydrogen) atoms. The van der Waals surface area contributed by atoms with E-state index in [4.69, 9.17) is 0 Å². The largest absolute Gasteiger partial charge is 0.361 e. The molecule has 3 N–H and O–H groups in total. The van der Waals surface area contributed by atoms with Gasteiger partial charge in [-0.3, -0.25) is 0 Å². The summed E-state index contributed by atoms with van der Waals surface area (Å²) in [5.41, 5.74) is 3.68. The third kappa shape index (κ3) is 3.14. The molecule has 1 unspecified atom stereocenters. The number of urea groups is 1. The van der Waals surface area contributed by atoms with Crippen molar-refractivity contribution in [3.05, 3.63) is 72.9 Å². The Morgan fingerprint density at radius 3 is 2.77 bits per heavy atom. The number of aromatic amines is 1. The third-order valence-electron chi connectivity index (χ3n) is 4.27. The van der Waals surface area contributed by atoms with Crippen molar-refractivity contribution in [2.75, 3.05) is 5.32 Å². The van der Waals surface area contributed by atoms with Crippen LogP contribution in [-0.4, -0.2) is 25.8 Å². The number of carbonyl (C=O) groups excluding carboxylic acids is 1. The molecular formula is C19H18N6O. The maximum absolute atomic E-state index is 12.4. The molecule has 2 aromatic carbocycles. The van der Waals surface area contributed by atoms with Crippen LogP contribution in [0.5, 0.6) is 0 Å². The highest BCUT2D eigenvalue weighted by Gasteiger charge is 2.11. The molecule has 4 rings (SSSR count). The second-order valence-corrected chi connectivity index (χ2v) is 6.00. The molecule has 0 aliphatic rings. The summed E-state index contributed by atoms with van der Waals surface area (Å²) in [6.07, 6.45) is 4.99. The second-order valence-electron chi connectivity index (χ2n) is 6.00. The van der Waals surface area contributed by atoms with Crippen molar-refractivity contribution in [3.63, 3.8) is 0 Å². The summed E-state index contributed by atoms with van der Waals surface area (Å²) in [6.45, 7) is 1.95. The van der Waals surface area contributed by atoms with E-state index in [0.29, 0.717) is 0 Å². The zero-order valence-electron chi connectivity index (χ0n) is 14.2. The number of fused-ring (bicyclic) bond motifs is 1. The van der Waals surface area contributed by atoms with Gasteiger partial charge in [0.15, 0.2) is 0 Å². The molecule has 0 spiro atoms. The van der Waals surface area contributed by atoms with Gasteiger partial charge >= 0.3 is 6.03 Å². The van der Waals surface area contributed by atoms with E-state index >= 15 is 0 Å². The molecule has 0 aliphatic heterocycles.